The molecule has 0 aromatic heterocycles. The van der Waals surface area contributed by atoms with Crippen molar-refractivity contribution >= 4 is 46.7 Å². The van der Waals surface area contributed by atoms with Gasteiger partial charge in [-0.15, -0.1) is 0 Å². The number of nitrogens with one attached hydrogen (secondary N) is 4. The van der Waals surface area contributed by atoms with Gasteiger partial charge in [-0.2, -0.15) is 0 Å². The van der Waals surface area contributed by atoms with Gasteiger partial charge in [-0.3, -0.25) is 28.8 Å². The molecule has 0 radical (unpaired) electrons. The zero-order valence-corrected chi connectivity index (χ0v) is 25.6. The Kier molecular flexibility index (Phi) is 14.0. The Morgan fingerprint density at radius 2 is 1.02 bits per heavy atom. The molecule has 0 aliphatic heterocycles. The van der Waals surface area contributed by atoms with Crippen LogP contribution in [0.15, 0.2) is 36.4 Å². The maximum absolute atomic E-state index is 13.6. The van der Waals surface area contributed by atoms with E-state index in [1.165, 1.54) is 36.4 Å². The summed E-state index contributed by atoms with van der Waals surface area (Å²) in [7, 11) is 0. The lowest BCUT2D eigenvalue weighted by Gasteiger charge is -2.23. The van der Waals surface area contributed by atoms with Gasteiger partial charge in [0.25, 0.3) is 0 Å². The second kappa shape index (κ2) is 17.8. The number of hydrogen-bond donors (Lipinski definition) is 8. The van der Waals surface area contributed by atoms with Crippen molar-refractivity contribution in [1.29, 1.82) is 0 Å². The first-order chi connectivity index (χ1) is 22.1. The minimum Gasteiger partial charge on any atom is -0.480 e. The highest BCUT2D eigenvalue weighted by Crippen LogP contribution is 2.35. The van der Waals surface area contributed by atoms with Crippen molar-refractivity contribution in [3.8, 4) is 0 Å². The number of carboxylic acid groups (broad SMARTS) is 2. The van der Waals surface area contributed by atoms with Crippen LogP contribution in [0.3, 0.4) is 0 Å². The summed E-state index contributed by atoms with van der Waals surface area (Å²) in [5.74, 6) is -4.02. The fourth-order valence-corrected chi connectivity index (χ4v) is 5.21. The van der Waals surface area contributed by atoms with Crippen LogP contribution in [0.1, 0.15) is 83.2 Å². The van der Waals surface area contributed by atoms with E-state index in [2.05, 4.69) is 21.3 Å². The quantitative estimate of drug-likeness (QED) is 0.0820. The van der Waals surface area contributed by atoms with Gasteiger partial charge >= 0.3 is 11.9 Å². The van der Waals surface area contributed by atoms with Crippen molar-refractivity contribution in [3.05, 3.63) is 58.7 Å². The highest BCUT2D eigenvalue weighted by Gasteiger charge is 2.34. The van der Waals surface area contributed by atoms with Gasteiger partial charge in [-0.05, 0) is 50.9 Å². The van der Waals surface area contributed by atoms with Crippen molar-refractivity contribution < 1.29 is 39.0 Å². The number of aliphatic carboxylic acids is 2. The van der Waals surface area contributed by atoms with Gasteiger partial charge in [0.05, 0.1) is 22.5 Å². The Hall–Kier alpha value is -4.50. The molecule has 0 bridgehead atoms. The fourth-order valence-electron chi connectivity index (χ4n) is 5.21. The molecule has 2 aromatic carbocycles. The van der Waals surface area contributed by atoms with Crippen LogP contribution in [0.5, 0.6) is 0 Å². The molecule has 3 rings (SSSR count). The summed E-state index contributed by atoms with van der Waals surface area (Å²) in [5, 5.41) is 29.8. The highest BCUT2D eigenvalue weighted by molar-refractivity contribution is 6.32. The summed E-state index contributed by atoms with van der Waals surface area (Å²) < 4.78 is 0. The summed E-state index contributed by atoms with van der Waals surface area (Å²) in [6.07, 6.45) is 3.24. The van der Waals surface area contributed by atoms with Crippen molar-refractivity contribution in [2.24, 2.45) is 11.5 Å². The van der Waals surface area contributed by atoms with Gasteiger partial charge in [-0.25, -0.2) is 0 Å². The van der Waals surface area contributed by atoms with Crippen LogP contribution in [0.25, 0.3) is 0 Å². The minimum atomic E-state index is -1.02. The van der Waals surface area contributed by atoms with Crippen molar-refractivity contribution in [3.63, 3.8) is 0 Å². The first-order valence-electron chi connectivity index (χ1n) is 15.4. The summed E-state index contributed by atoms with van der Waals surface area (Å²) in [6, 6.07) is 7.36. The van der Waals surface area contributed by atoms with E-state index in [1.807, 2.05) is 0 Å². The first-order valence-corrected chi connectivity index (χ1v) is 15.4. The minimum absolute atomic E-state index is 0.0218. The van der Waals surface area contributed by atoms with Crippen molar-refractivity contribution in [2.45, 2.75) is 63.5 Å². The van der Waals surface area contributed by atoms with E-state index in [9.17, 15) is 39.0 Å². The summed E-state index contributed by atoms with van der Waals surface area (Å²) in [5.41, 5.74) is 11.4. The number of carbonyl (C=O) groups is 6. The zero-order chi connectivity index (χ0) is 33.6. The largest absolute Gasteiger partial charge is 0.480 e. The van der Waals surface area contributed by atoms with Crippen LogP contribution in [-0.2, 0) is 19.2 Å². The summed E-state index contributed by atoms with van der Waals surface area (Å²) in [4.78, 5) is 75.8. The van der Waals surface area contributed by atoms with E-state index < -0.39 is 47.4 Å². The van der Waals surface area contributed by atoms with Crippen LogP contribution in [-0.4, -0.2) is 83.8 Å². The average Bonchev–Trinajstić information content (AvgIpc) is 3.02. The molecule has 248 valence electrons. The Balaban J connectivity index is 1.66. The number of carbonyl (C=O) groups excluding carboxylic acids is 4. The summed E-state index contributed by atoms with van der Waals surface area (Å²) >= 11 is 0. The molecule has 0 saturated heterocycles. The zero-order valence-electron chi connectivity index (χ0n) is 25.6. The van der Waals surface area contributed by atoms with Crippen LogP contribution in [0, 0.1) is 0 Å². The third-order valence-electron chi connectivity index (χ3n) is 7.60. The predicted molar refractivity (Wildman–Crippen MR) is 171 cm³/mol. The molecule has 14 nitrogen and oxygen atoms in total. The van der Waals surface area contributed by atoms with E-state index >= 15 is 0 Å². The molecule has 1 aliphatic carbocycles. The smallest absolute Gasteiger partial charge is 0.320 e. The molecule has 0 spiro atoms. The van der Waals surface area contributed by atoms with Gasteiger partial charge in [-0.1, -0.05) is 37.1 Å². The lowest BCUT2D eigenvalue weighted by atomic mass is 9.82. The Bertz CT molecular complexity index is 1340. The maximum Gasteiger partial charge on any atom is 0.320 e. The number of amides is 2. The van der Waals surface area contributed by atoms with Gasteiger partial charge in [0, 0.05) is 37.1 Å². The van der Waals surface area contributed by atoms with E-state index in [1.54, 1.807) is 0 Å². The molecular weight excluding hydrogens is 596 g/mol. The van der Waals surface area contributed by atoms with E-state index in [4.69, 9.17) is 11.5 Å². The molecular formula is C32H42N6O8. The number of rotatable bonds is 20. The lowest BCUT2D eigenvalue weighted by molar-refractivity contribution is -0.140. The number of ketones is 2. The molecule has 2 aromatic rings. The number of anilines is 2. The third-order valence-corrected chi connectivity index (χ3v) is 7.60. The summed E-state index contributed by atoms with van der Waals surface area (Å²) in [6.45, 7) is 1.09. The van der Waals surface area contributed by atoms with Crippen LogP contribution >= 0.6 is 0 Å². The molecule has 0 unspecified atom stereocenters. The predicted octanol–water partition coefficient (Wildman–Crippen LogP) is 1.46. The number of hydrogen-bond acceptors (Lipinski definition) is 10. The second-order valence-corrected chi connectivity index (χ2v) is 11.0. The Morgan fingerprint density at radius 3 is 1.37 bits per heavy atom. The molecule has 1 aliphatic rings. The van der Waals surface area contributed by atoms with Gasteiger partial charge in [0.1, 0.15) is 12.1 Å². The van der Waals surface area contributed by atoms with Crippen molar-refractivity contribution in [1.82, 2.24) is 10.6 Å². The van der Waals surface area contributed by atoms with Crippen LogP contribution in [0.4, 0.5) is 11.4 Å². The average molecular weight is 639 g/mol. The fraction of sp³-hybridized carbons (Fsp3) is 0.438. The van der Waals surface area contributed by atoms with E-state index in [0.29, 0.717) is 51.6 Å². The molecule has 14 heteroatoms. The van der Waals surface area contributed by atoms with E-state index in [0.717, 1.165) is 0 Å². The van der Waals surface area contributed by atoms with Crippen LogP contribution in [0.2, 0.25) is 0 Å². The van der Waals surface area contributed by atoms with Crippen LogP contribution < -0.4 is 32.7 Å². The number of benzene rings is 2. The van der Waals surface area contributed by atoms with E-state index in [-0.39, 0.29) is 59.6 Å². The SMILES string of the molecule is NCCCC[C@H](NCCC(=O)Nc1cccc2c1C(=O)c1cccc(NC(=O)CCN[C@@H](CCCCN)C(=O)O)c1C2=O)C(=O)O. The van der Waals surface area contributed by atoms with Crippen molar-refractivity contribution in [2.75, 3.05) is 36.8 Å². The molecule has 0 heterocycles. The molecule has 0 saturated carbocycles. The molecule has 2 atom stereocenters. The Morgan fingerprint density at radius 1 is 0.630 bits per heavy atom. The third kappa shape index (κ3) is 9.75. The van der Waals surface area contributed by atoms with Gasteiger partial charge < -0.3 is 42.9 Å². The van der Waals surface area contributed by atoms with Gasteiger partial charge in [0.15, 0.2) is 11.6 Å². The number of carboxylic acids is 2. The topological polar surface area (TPSA) is 243 Å². The molecule has 0 fully saturated rings. The second-order valence-electron chi connectivity index (χ2n) is 11.0. The molecule has 2 amide bonds. The maximum atomic E-state index is 13.6. The monoisotopic (exact) mass is 638 g/mol. The lowest BCUT2D eigenvalue weighted by Crippen LogP contribution is -2.38. The number of fused-ring (bicyclic) bond motifs is 2. The highest BCUT2D eigenvalue weighted by atomic mass is 16.4. The first kappa shape index (κ1) is 36.0. The van der Waals surface area contributed by atoms with Gasteiger partial charge in [0.2, 0.25) is 11.8 Å². The normalized spacial score (nSPS) is 13.3. The standard InChI is InChI=1S/C32H42N6O8/c33-15-3-1-9-23(31(43)44)35-17-13-25(39)37-21-11-5-7-19-27(21)29(41)20-8-6-12-22(28(20)30(19)42)38-26(40)14-18-36-24(32(45)46)10-2-4-16-34/h5-8,11-12,23-24,35-36H,1-4,9-10,13-18,33-34H2,(H,37,39)(H,38,40)(H,43,44)(H,45,46)/t23-,24-/m0/s1. The molecule has 46 heavy (non-hydrogen) atoms. The number of nitrogens with two attached hydrogens (primary N) is 2. The Labute approximate surface area is 266 Å². The molecule has 10 N–H and O–H groups in total. The number of unbranched alkanes of at least 4 members (excludes halogenated alkanes) is 2.